The minimum absolute atomic E-state index is 0.206. The van der Waals surface area contributed by atoms with Crippen LogP contribution in [0, 0.1) is 6.92 Å². The Labute approximate surface area is 166 Å². The molecule has 28 heavy (non-hydrogen) atoms. The Hall–Kier alpha value is -3.32. The number of amides is 4. The van der Waals surface area contributed by atoms with Crippen LogP contribution in [0.15, 0.2) is 42.0 Å². The Kier molecular flexibility index (Phi) is 5.37. The number of methoxy groups -OCH3 is 2. The van der Waals surface area contributed by atoms with Crippen molar-refractivity contribution in [3.63, 3.8) is 0 Å². The van der Waals surface area contributed by atoms with Gasteiger partial charge in [-0.25, -0.2) is 9.69 Å². The number of aryl methyl sites for hydroxylation is 1. The molecule has 0 aliphatic carbocycles. The van der Waals surface area contributed by atoms with Crippen molar-refractivity contribution in [2.75, 3.05) is 19.1 Å². The van der Waals surface area contributed by atoms with E-state index in [9.17, 15) is 14.4 Å². The van der Waals surface area contributed by atoms with Gasteiger partial charge in [-0.1, -0.05) is 17.7 Å². The van der Waals surface area contributed by atoms with E-state index < -0.39 is 17.8 Å². The zero-order valence-corrected chi connectivity index (χ0v) is 16.2. The van der Waals surface area contributed by atoms with E-state index in [0.29, 0.717) is 33.3 Å². The third-order valence-corrected chi connectivity index (χ3v) is 4.49. The first-order valence-corrected chi connectivity index (χ1v) is 8.63. The van der Waals surface area contributed by atoms with E-state index in [2.05, 4.69) is 5.32 Å². The molecule has 0 radical (unpaired) electrons. The molecule has 1 fully saturated rings. The van der Waals surface area contributed by atoms with Crippen LogP contribution < -0.4 is 19.7 Å². The number of halogens is 1. The van der Waals surface area contributed by atoms with Crippen LogP contribution in [0.25, 0.3) is 6.08 Å². The van der Waals surface area contributed by atoms with Crippen molar-refractivity contribution in [2.45, 2.75) is 6.92 Å². The number of ether oxygens (including phenoxy) is 2. The SMILES string of the molecule is COc1ccc(/C=C2\C(=O)NC(=O)N(c3cc(Cl)ccc3C)C2=O)c(OC)c1. The summed E-state index contributed by atoms with van der Waals surface area (Å²) in [7, 11) is 2.98. The summed E-state index contributed by atoms with van der Waals surface area (Å²) in [5.41, 5.74) is 1.24. The Morgan fingerprint density at radius 1 is 1.04 bits per heavy atom. The van der Waals surface area contributed by atoms with Crippen molar-refractivity contribution in [1.29, 1.82) is 0 Å². The second-order valence-electron chi connectivity index (χ2n) is 6.00. The number of anilines is 1. The fraction of sp³-hybridized carbons (Fsp3) is 0.150. The zero-order valence-electron chi connectivity index (χ0n) is 15.4. The molecule has 144 valence electrons. The van der Waals surface area contributed by atoms with Crippen LogP contribution in [0.2, 0.25) is 5.02 Å². The average Bonchev–Trinajstić information content (AvgIpc) is 2.67. The highest BCUT2D eigenvalue weighted by molar-refractivity contribution is 6.39. The van der Waals surface area contributed by atoms with E-state index in [0.717, 1.165) is 4.90 Å². The van der Waals surface area contributed by atoms with Gasteiger partial charge in [0.05, 0.1) is 19.9 Å². The van der Waals surface area contributed by atoms with Crippen molar-refractivity contribution < 1.29 is 23.9 Å². The number of urea groups is 1. The van der Waals surface area contributed by atoms with Gasteiger partial charge in [-0.2, -0.15) is 0 Å². The van der Waals surface area contributed by atoms with Gasteiger partial charge in [0.25, 0.3) is 11.8 Å². The maximum absolute atomic E-state index is 13.0. The number of hydrogen-bond acceptors (Lipinski definition) is 5. The molecular weight excluding hydrogens is 384 g/mol. The van der Waals surface area contributed by atoms with E-state index >= 15 is 0 Å². The topological polar surface area (TPSA) is 84.9 Å². The molecule has 0 saturated carbocycles. The molecular formula is C20H17ClN2O5. The highest BCUT2D eigenvalue weighted by Crippen LogP contribution is 2.30. The molecule has 4 amide bonds. The molecule has 1 heterocycles. The van der Waals surface area contributed by atoms with Gasteiger partial charge >= 0.3 is 6.03 Å². The van der Waals surface area contributed by atoms with Gasteiger partial charge in [0, 0.05) is 16.7 Å². The summed E-state index contributed by atoms with van der Waals surface area (Å²) in [5.74, 6) is -0.569. The summed E-state index contributed by atoms with van der Waals surface area (Å²) >= 11 is 6.01. The smallest absolute Gasteiger partial charge is 0.335 e. The largest absolute Gasteiger partial charge is 0.497 e. The number of imide groups is 2. The number of rotatable bonds is 4. The van der Waals surface area contributed by atoms with Gasteiger partial charge in [-0.05, 0) is 42.8 Å². The van der Waals surface area contributed by atoms with Crippen LogP contribution in [0.4, 0.5) is 10.5 Å². The molecule has 0 atom stereocenters. The Balaban J connectivity index is 2.08. The minimum Gasteiger partial charge on any atom is -0.497 e. The van der Waals surface area contributed by atoms with E-state index in [1.165, 1.54) is 26.4 Å². The van der Waals surface area contributed by atoms with Gasteiger partial charge in [-0.15, -0.1) is 0 Å². The number of carbonyl (C=O) groups excluding carboxylic acids is 3. The first-order valence-electron chi connectivity index (χ1n) is 8.25. The molecule has 7 nitrogen and oxygen atoms in total. The van der Waals surface area contributed by atoms with Crippen LogP contribution in [0.1, 0.15) is 11.1 Å². The molecule has 1 N–H and O–H groups in total. The van der Waals surface area contributed by atoms with Gasteiger partial charge in [0.15, 0.2) is 0 Å². The fourth-order valence-corrected chi connectivity index (χ4v) is 2.96. The van der Waals surface area contributed by atoms with Crippen LogP contribution in [0.5, 0.6) is 11.5 Å². The lowest BCUT2D eigenvalue weighted by molar-refractivity contribution is -0.122. The molecule has 0 bridgehead atoms. The van der Waals surface area contributed by atoms with Crippen molar-refractivity contribution in [3.05, 3.63) is 58.1 Å². The number of barbiturate groups is 1. The fourth-order valence-electron chi connectivity index (χ4n) is 2.79. The van der Waals surface area contributed by atoms with Crippen LogP contribution in [-0.4, -0.2) is 32.1 Å². The Morgan fingerprint density at radius 3 is 2.46 bits per heavy atom. The van der Waals surface area contributed by atoms with Crippen LogP contribution in [-0.2, 0) is 9.59 Å². The number of nitrogens with zero attached hydrogens (tertiary/aromatic N) is 1. The third-order valence-electron chi connectivity index (χ3n) is 4.25. The highest BCUT2D eigenvalue weighted by Gasteiger charge is 2.37. The number of hydrogen-bond donors (Lipinski definition) is 1. The summed E-state index contributed by atoms with van der Waals surface area (Å²) < 4.78 is 10.4. The van der Waals surface area contributed by atoms with E-state index in [4.69, 9.17) is 21.1 Å². The minimum atomic E-state index is -0.834. The van der Waals surface area contributed by atoms with Crippen LogP contribution >= 0.6 is 11.6 Å². The molecule has 1 aliphatic heterocycles. The van der Waals surface area contributed by atoms with Gasteiger partial charge < -0.3 is 9.47 Å². The quantitative estimate of drug-likeness (QED) is 0.628. The summed E-state index contributed by atoms with van der Waals surface area (Å²) in [6.45, 7) is 1.73. The number of benzene rings is 2. The molecule has 1 saturated heterocycles. The monoisotopic (exact) mass is 400 g/mol. The molecule has 3 rings (SSSR count). The van der Waals surface area contributed by atoms with Crippen molar-refractivity contribution in [2.24, 2.45) is 0 Å². The van der Waals surface area contributed by atoms with E-state index in [-0.39, 0.29) is 5.57 Å². The first-order chi connectivity index (χ1) is 13.3. The third kappa shape index (κ3) is 3.57. The second kappa shape index (κ2) is 7.74. The van der Waals surface area contributed by atoms with Crippen molar-refractivity contribution >= 4 is 41.2 Å². The second-order valence-corrected chi connectivity index (χ2v) is 6.43. The number of carbonyl (C=O) groups is 3. The number of nitrogens with one attached hydrogen (secondary N) is 1. The molecule has 2 aromatic rings. The zero-order chi connectivity index (χ0) is 20.4. The lowest BCUT2D eigenvalue weighted by Crippen LogP contribution is -2.54. The lowest BCUT2D eigenvalue weighted by atomic mass is 10.0. The van der Waals surface area contributed by atoms with E-state index in [1.807, 2.05) is 0 Å². The van der Waals surface area contributed by atoms with E-state index in [1.54, 1.807) is 37.3 Å². The van der Waals surface area contributed by atoms with Gasteiger partial charge in [-0.3, -0.25) is 14.9 Å². The highest BCUT2D eigenvalue weighted by atomic mass is 35.5. The summed E-state index contributed by atoms with van der Waals surface area (Å²) in [5, 5.41) is 2.55. The molecule has 8 heteroatoms. The standard InChI is InChI=1S/C20H17ClN2O5/c1-11-4-6-13(21)9-16(11)23-19(25)15(18(24)22-20(23)26)8-12-5-7-14(27-2)10-17(12)28-3/h4-10H,1-3H3,(H,22,24,26)/b15-8+. The lowest BCUT2D eigenvalue weighted by Gasteiger charge is -2.27. The predicted octanol–water partition coefficient (Wildman–Crippen LogP) is 3.33. The Morgan fingerprint density at radius 2 is 1.79 bits per heavy atom. The van der Waals surface area contributed by atoms with Crippen LogP contribution in [0.3, 0.4) is 0 Å². The normalized spacial score (nSPS) is 15.6. The maximum Gasteiger partial charge on any atom is 0.335 e. The maximum atomic E-state index is 13.0. The summed E-state index contributed by atoms with van der Waals surface area (Å²) in [6, 6.07) is 8.94. The predicted molar refractivity (Wildman–Crippen MR) is 105 cm³/mol. The van der Waals surface area contributed by atoms with Gasteiger partial charge in [0.2, 0.25) is 0 Å². The molecule has 0 aromatic heterocycles. The average molecular weight is 401 g/mol. The molecule has 0 spiro atoms. The summed E-state index contributed by atoms with van der Waals surface area (Å²) in [4.78, 5) is 38.6. The van der Waals surface area contributed by atoms with Crippen molar-refractivity contribution in [1.82, 2.24) is 5.32 Å². The first kappa shape index (κ1) is 19.4. The molecule has 0 unspecified atom stereocenters. The summed E-state index contributed by atoms with van der Waals surface area (Å²) in [6.07, 6.45) is 1.37. The molecule has 2 aromatic carbocycles. The van der Waals surface area contributed by atoms with Crippen molar-refractivity contribution in [3.8, 4) is 11.5 Å². The Bertz CT molecular complexity index is 1020. The van der Waals surface area contributed by atoms with Gasteiger partial charge in [0.1, 0.15) is 17.1 Å². The molecule has 1 aliphatic rings.